The molecule has 0 amide bonds. The Kier molecular flexibility index (Phi) is 4.64. The molecule has 1 aliphatic heterocycles. The van der Waals surface area contributed by atoms with Crippen molar-refractivity contribution in [3.05, 3.63) is 0 Å². The Hall–Kier alpha value is -0.750. The minimum atomic E-state index is -2.74. The lowest BCUT2D eigenvalue weighted by Crippen LogP contribution is -2.58. The van der Waals surface area contributed by atoms with Crippen molar-refractivity contribution < 1.29 is 27.8 Å². The number of rotatable bonds is 3. The van der Waals surface area contributed by atoms with Gasteiger partial charge in [0.25, 0.3) is 0 Å². The summed E-state index contributed by atoms with van der Waals surface area (Å²) in [5, 5.41) is 0. The first-order valence-electron chi connectivity index (χ1n) is 7.10. The second-order valence-corrected chi connectivity index (χ2v) is 5.77. The van der Waals surface area contributed by atoms with Gasteiger partial charge >= 0.3 is 5.97 Å². The number of methoxy groups -OCH3 is 1. The third-order valence-electron chi connectivity index (χ3n) is 4.22. The van der Waals surface area contributed by atoms with Crippen molar-refractivity contribution in [3.63, 3.8) is 0 Å². The van der Waals surface area contributed by atoms with Gasteiger partial charge in [-0.15, -0.1) is 0 Å². The molecular weight excluding hydrogens is 270 g/mol. The fourth-order valence-electron chi connectivity index (χ4n) is 2.97. The quantitative estimate of drug-likeness (QED) is 0.749. The third-order valence-corrected chi connectivity index (χ3v) is 4.22. The van der Waals surface area contributed by atoms with Gasteiger partial charge in [0.05, 0.1) is 25.4 Å². The molecule has 0 aromatic rings. The van der Waals surface area contributed by atoms with E-state index in [9.17, 15) is 13.6 Å². The zero-order chi connectivity index (χ0) is 14.9. The minimum absolute atomic E-state index is 0.0498. The maximum atomic E-state index is 14.4. The van der Waals surface area contributed by atoms with Gasteiger partial charge in [-0.3, -0.25) is 0 Å². The first-order valence-corrected chi connectivity index (χ1v) is 7.10. The van der Waals surface area contributed by atoms with Gasteiger partial charge < -0.3 is 14.2 Å². The number of hydrogen-bond acceptors (Lipinski definition) is 4. The number of hydrogen-bond donors (Lipinski definition) is 0. The Bertz CT molecular complexity index is 361. The van der Waals surface area contributed by atoms with Crippen molar-refractivity contribution >= 4 is 5.97 Å². The van der Waals surface area contributed by atoms with Crippen molar-refractivity contribution in [2.45, 2.75) is 75.8 Å². The highest BCUT2D eigenvalue weighted by Crippen LogP contribution is 2.36. The summed E-state index contributed by atoms with van der Waals surface area (Å²) in [6.45, 7) is 2.53. The minimum Gasteiger partial charge on any atom is -0.467 e. The summed E-state index contributed by atoms with van der Waals surface area (Å²) in [5.74, 6) is -1.23. The van der Waals surface area contributed by atoms with Crippen LogP contribution in [0.1, 0.15) is 39.5 Å². The largest absolute Gasteiger partial charge is 0.467 e. The number of halogens is 2. The molecular formula is C14H22F2O4. The predicted octanol–water partition coefficient (Wildman–Crippen LogP) is 2.34. The number of carbonyl (C=O) groups is 1. The van der Waals surface area contributed by atoms with Gasteiger partial charge in [-0.1, -0.05) is 12.8 Å². The predicted molar refractivity (Wildman–Crippen MR) is 67.9 cm³/mol. The fourth-order valence-corrected chi connectivity index (χ4v) is 2.97. The van der Waals surface area contributed by atoms with Crippen LogP contribution in [0.4, 0.5) is 8.78 Å². The molecule has 20 heavy (non-hydrogen) atoms. The molecule has 2 aliphatic rings. The molecule has 6 unspecified atom stereocenters. The van der Waals surface area contributed by atoms with Crippen LogP contribution < -0.4 is 0 Å². The van der Waals surface area contributed by atoms with Gasteiger partial charge in [0.2, 0.25) is 5.67 Å². The number of esters is 1. The van der Waals surface area contributed by atoms with Gasteiger partial charge in [0.15, 0.2) is 6.17 Å². The van der Waals surface area contributed by atoms with Crippen LogP contribution in [0.2, 0.25) is 0 Å². The molecule has 1 saturated heterocycles. The van der Waals surface area contributed by atoms with Crippen molar-refractivity contribution in [2.75, 3.05) is 7.11 Å². The van der Waals surface area contributed by atoms with Gasteiger partial charge in [0.1, 0.15) is 6.10 Å². The standard InChI is InChI=1S/C14H22F2O4/c1-8-11(12(15)14(2,16)13(17)18-3)20-10-7-5-4-6-9(10)19-8/h8-12H,4-7H2,1-3H3. The first-order chi connectivity index (χ1) is 9.37. The molecule has 0 aromatic carbocycles. The molecule has 0 bridgehead atoms. The Morgan fingerprint density at radius 1 is 1.30 bits per heavy atom. The van der Waals surface area contributed by atoms with E-state index in [1.807, 2.05) is 0 Å². The van der Waals surface area contributed by atoms with Crippen LogP contribution in [-0.2, 0) is 19.0 Å². The van der Waals surface area contributed by atoms with Crippen LogP contribution in [0, 0.1) is 0 Å². The van der Waals surface area contributed by atoms with Crippen molar-refractivity contribution in [1.82, 2.24) is 0 Å². The molecule has 0 spiro atoms. The number of ether oxygens (including phenoxy) is 3. The van der Waals surface area contributed by atoms with Gasteiger partial charge in [-0.2, -0.15) is 0 Å². The second-order valence-electron chi connectivity index (χ2n) is 5.77. The Labute approximate surface area is 117 Å². The highest BCUT2D eigenvalue weighted by atomic mass is 19.2. The average molecular weight is 292 g/mol. The van der Waals surface area contributed by atoms with Crippen LogP contribution in [0.3, 0.4) is 0 Å². The monoisotopic (exact) mass is 292 g/mol. The van der Waals surface area contributed by atoms with E-state index in [4.69, 9.17) is 9.47 Å². The SMILES string of the molecule is COC(=O)C(C)(F)C(F)C1OC2CCCCC2OC1C. The lowest BCUT2D eigenvalue weighted by atomic mass is 9.89. The van der Waals surface area contributed by atoms with Crippen LogP contribution >= 0.6 is 0 Å². The zero-order valence-electron chi connectivity index (χ0n) is 12.1. The summed E-state index contributed by atoms with van der Waals surface area (Å²) in [4.78, 5) is 11.4. The van der Waals surface area contributed by atoms with Crippen molar-refractivity contribution in [2.24, 2.45) is 0 Å². The molecule has 0 radical (unpaired) electrons. The Morgan fingerprint density at radius 3 is 2.40 bits per heavy atom. The molecule has 116 valence electrons. The van der Waals surface area contributed by atoms with E-state index in [0.29, 0.717) is 0 Å². The summed E-state index contributed by atoms with van der Waals surface area (Å²) in [5.41, 5.74) is -2.74. The van der Waals surface area contributed by atoms with E-state index >= 15 is 0 Å². The average Bonchev–Trinajstić information content (AvgIpc) is 2.44. The molecule has 6 heteroatoms. The highest BCUT2D eigenvalue weighted by Gasteiger charge is 2.53. The highest BCUT2D eigenvalue weighted by molar-refractivity contribution is 5.79. The Balaban J connectivity index is 2.09. The molecule has 1 heterocycles. The summed E-state index contributed by atoms with van der Waals surface area (Å²) in [6.07, 6.45) is -0.357. The van der Waals surface area contributed by atoms with Gasteiger partial charge in [-0.05, 0) is 26.7 Å². The van der Waals surface area contributed by atoms with E-state index in [0.717, 1.165) is 39.7 Å². The van der Waals surface area contributed by atoms with Crippen molar-refractivity contribution in [1.29, 1.82) is 0 Å². The number of alkyl halides is 2. The van der Waals surface area contributed by atoms with Crippen LogP contribution in [0.25, 0.3) is 0 Å². The molecule has 1 saturated carbocycles. The number of carbonyl (C=O) groups excluding carboxylic acids is 1. The normalized spacial score (nSPS) is 38.5. The molecule has 4 nitrogen and oxygen atoms in total. The first kappa shape index (κ1) is 15.6. The molecule has 1 aliphatic carbocycles. The van der Waals surface area contributed by atoms with E-state index in [2.05, 4.69) is 4.74 Å². The zero-order valence-corrected chi connectivity index (χ0v) is 12.1. The summed E-state index contributed by atoms with van der Waals surface area (Å²) >= 11 is 0. The Morgan fingerprint density at radius 2 is 1.85 bits per heavy atom. The fraction of sp³-hybridized carbons (Fsp3) is 0.929. The van der Waals surface area contributed by atoms with Crippen molar-refractivity contribution in [3.8, 4) is 0 Å². The summed E-state index contributed by atoms with van der Waals surface area (Å²) in [6, 6.07) is 0. The van der Waals surface area contributed by atoms with Crippen LogP contribution in [0.5, 0.6) is 0 Å². The summed E-state index contributed by atoms with van der Waals surface area (Å²) < 4.78 is 44.5. The van der Waals surface area contributed by atoms with Gasteiger partial charge in [-0.25, -0.2) is 13.6 Å². The molecule has 0 N–H and O–H groups in total. The number of fused-ring (bicyclic) bond motifs is 1. The van der Waals surface area contributed by atoms with E-state index in [1.165, 1.54) is 0 Å². The molecule has 0 aromatic heterocycles. The second kappa shape index (κ2) is 5.93. The van der Waals surface area contributed by atoms with E-state index in [-0.39, 0.29) is 12.2 Å². The lowest BCUT2D eigenvalue weighted by molar-refractivity contribution is -0.250. The third kappa shape index (κ3) is 2.81. The molecule has 2 fully saturated rings. The van der Waals surface area contributed by atoms with E-state index in [1.54, 1.807) is 6.92 Å². The maximum absolute atomic E-state index is 14.4. The van der Waals surface area contributed by atoms with Gasteiger partial charge in [0, 0.05) is 0 Å². The molecule has 6 atom stereocenters. The summed E-state index contributed by atoms with van der Waals surface area (Å²) in [7, 11) is 1.03. The topological polar surface area (TPSA) is 44.8 Å². The lowest BCUT2D eigenvalue weighted by Gasteiger charge is -2.45. The van der Waals surface area contributed by atoms with E-state index < -0.39 is 30.0 Å². The van der Waals surface area contributed by atoms with Crippen LogP contribution in [0.15, 0.2) is 0 Å². The van der Waals surface area contributed by atoms with Crippen LogP contribution in [-0.4, -0.2) is 49.3 Å². The smallest absolute Gasteiger partial charge is 0.346 e. The maximum Gasteiger partial charge on any atom is 0.346 e. The molecule has 2 rings (SSSR count).